The van der Waals surface area contributed by atoms with Crippen molar-refractivity contribution in [1.29, 1.82) is 0 Å². The number of hydrogen-bond acceptors (Lipinski definition) is 5. The van der Waals surface area contributed by atoms with E-state index in [0.717, 1.165) is 19.3 Å². The van der Waals surface area contributed by atoms with E-state index in [1.165, 1.54) is 7.11 Å². The lowest BCUT2D eigenvalue weighted by molar-refractivity contribution is -0.138. The van der Waals surface area contributed by atoms with Gasteiger partial charge in [-0.2, -0.15) is 4.31 Å². The van der Waals surface area contributed by atoms with Crippen LogP contribution in [0, 0.1) is 6.92 Å². The predicted octanol–water partition coefficient (Wildman–Crippen LogP) is 1.75. The number of carbonyl (C=O) groups is 1. The summed E-state index contributed by atoms with van der Waals surface area (Å²) in [5, 5.41) is 2.88. The third kappa shape index (κ3) is 3.78. The number of sulfonamides is 1. The summed E-state index contributed by atoms with van der Waals surface area (Å²) in [5.41, 5.74) is 1.29. The molecule has 0 saturated carbocycles. The number of nitrogens with zero attached hydrogens (tertiary/aromatic N) is 1. The Morgan fingerprint density at radius 3 is 2.59 bits per heavy atom. The number of aryl methyl sites for hydroxylation is 1. The Morgan fingerprint density at radius 2 is 1.95 bits per heavy atom. The Morgan fingerprint density at radius 1 is 1.27 bits per heavy atom. The molecular weight excluding hydrogens is 304 g/mol. The number of esters is 1. The summed E-state index contributed by atoms with van der Waals surface area (Å²) in [7, 11) is -2.17. The van der Waals surface area contributed by atoms with Crippen molar-refractivity contribution in [3.63, 3.8) is 0 Å². The van der Waals surface area contributed by atoms with Crippen molar-refractivity contribution in [2.24, 2.45) is 0 Å². The highest BCUT2D eigenvalue weighted by molar-refractivity contribution is 7.89. The fourth-order valence-electron chi connectivity index (χ4n) is 2.48. The molecule has 22 heavy (non-hydrogen) atoms. The molecule has 1 fully saturated rings. The molecule has 0 unspecified atom stereocenters. The third-order valence-electron chi connectivity index (χ3n) is 3.79. The van der Waals surface area contributed by atoms with Gasteiger partial charge >= 0.3 is 5.97 Å². The van der Waals surface area contributed by atoms with Gasteiger partial charge in [-0.3, -0.25) is 4.79 Å². The molecule has 7 heteroatoms. The SMILES string of the molecule is COC(=O)CNc1ccc(C)c(S(=O)(=O)N2CCCCC2)c1. The molecule has 1 aliphatic heterocycles. The van der Waals surface area contributed by atoms with Crippen molar-refractivity contribution in [3.8, 4) is 0 Å². The molecule has 1 aromatic carbocycles. The van der Waals surface area contributed by atoms with E-state index in [1.54, 1.807) is 29.4 Å². The number of benzene rings is 1. The highest BCUT2D eigenvalue weighted by atomic mass is 32.2. The van der Waals surface area contributed by atoms with Gasteiger partial charge in [-0.05, 0) is 37.5 Å². The molecule has 0 amide bonds. The van der Waals surface area contributed by atoms with Gasteiger partial charge in [0.05, 0.1) is 12.0 Å². The van der Waals surface area contributed by atoms with Crippen LogP contribution >= 0.6 is 0 Å². The van der Waals surface area contributed by atoms with Gasteiger partial charge in [-0.1, -0.05) is 12.5 Å². The van der Waals surface area contributed by atoms with Gasteiger partial charge in [0, 0.05) is 18.8 Å². The lowest BCUT2D eigenvalue weighted by Crippen LogP contribution is -2.36. The fourth-order valence-corrected chi connectivity index (χ4v) is 4.25. The van der Waals surface area contributed by atoms with Crippen molar-refractivity contribution >= 4 is 21.7 Å². The van der Waals surface area contributed by atoms with E-state index in [4.69, 9.17) is 0 Å². The molecule has 1 aliphatic rings. The smallest absolute Gasteiger partial charge is 0.325 e. The van der Waals surface area contributed by atoms with Crippen LogP contribution in [-0.2, 0) is 19.6 Å². The van der Waals surface area contributed by atoms with Crippen LogP contribution in [0.4, 0.5) is 5.69 Å². The van der Waals surface area contributed by atoms with E-state index in [9.17, 15) is 13.2 Å². The van der Waals surface area contributed by atoms with Crippen LogP contribution in [0.15, 0.2) is 23.1 Å². The number of piperidine rings is 1. The number of rotatable bonds is 5. The molecule has 122 valence electrons. The monoisotopic (exact) mass is 326 g/mol. The largest absolute Gasteiger partial charge is 0.468 e. The van der Waals surface area contributed by atoms with E-state index >= 15 is 0 Å². The Hall–Kier alpha value is -1.60. The van der Waals surface area contributed by atoms with Crippen LogP contribution in [0.3, 0.4) is 0 Å². The highest BCUT2D eigenvalue weighted by Gasteiger charge is 2.27. The molecule has 0 radical (unpaired) electrons. The van der Waals surface area contributed by atoms with Crippen molar-refractivity contribution in [3.05, 3.63) is 23.8 Å². The summed E-state index contributed by atoms with van der Waals surface area (Å²) < 4.78 is 31.6. The summed E-state index contributed by atoms with van der Waals surface area (Å²) >= 11 is 0. The molecule has 0 aliphatic carbocycles. The normalized spacial score (nSPS) is 16.3. The topological polar surface area (TPSA) is 75.7 Å². The van der Waals surface area contributed by atoms with E-state index in [-0.39, 0.29) is 6.54 Å². The summed E-state index contributed by atoms with van der Waals surface area (Å²) in [6, 6.07) is 5.09. The lowest BCUT2D eigenvalue weighted by Gasteiger charge is -2.26. The average Bonchev–Trinajstić information content (AvgIpc) is 2.54. The van der Waals surface area contributed by atoms with Crippen LogP contribution in [0.5, 0.6) is 0 Å². The van der Waals surface area contributed by atoms with Crippen molar-refractivity contribution < 1.29 is 17.9 Å². The molecular formula is C15H22N2O4S. The van der Waals surface area contributed by atoms with Crippen LogP contribution in [0.25, 0.3) is 0 Å². The molecule has 1 saturated heterocycles. The van der Waals surface area contributed by atoms with E-state index in [0.29, 0.717) is 29.2 Å². The van der Waals surface area contributed by atoms with Gasteiger partial charge in [0.1, 0.15) is 6.54 Å². The van der Waals surface area contributed by atoms with E-state index in [2.05, 4.69) is 10.1 Å². The van der Waals surface area contributed by atoms with Crippen molar-refractivity contribution in [2.75, 3.05) is 32.1 Å². The maximum atomic E-state index is 12.8. The second-order valence-electron chi connectivity index (χ2n) is 5.37. The van der Waals surface area contributed by atoms with Crippen LogP contribution < -0.4 is 5.32 Å². The molecule has 1 aromatic rings. The van der Waals surface area contributed by atoms with E-state index in [1.807, 2.05) is 0 Å². The first-order valence-corrected chi connectivity index (χ1v) is 8.80. The second kappa shape index (κ2) is 7.11. The Kier molecular flexibility index (Phi) is 5.42. The molecule has 6 nitrogen and oxygen atoms in total. The van der Waals surface area contributed by atoms with Gasteiger partial charge in [-0.25, -0.2) is 8.42 Å². The number of anilines is 1. The first kappa shape index (κ1) is 16.8. The predicted molar refractivity (Wildman–Crippen MR) is 84.3 cm³/mol. The first-order chi connectivity index (χ1) is 10.4. The van der Waals surface area contributed by atoms with E-state index < -0.39 is 16.0 Å². The second-order valence-corrected chi connectivity index (χ2v) is 7.28. The molecule has 0 aromatic heterocycles. The van der Waals surface area contributed by atoms with Crippen LogP contribution in [0.1, 0.15) is 24.8 Å². The molecule has 1 N–H and O–H groups in total. The minimum absolute atomic E-state index is 0.00274. The molecule has 2 rings (SSSR count). The Balaban J connectivity index is 2.23. The summed E-state index contributed by atoms with van der Waals surface area (Å²) in [6.45, 7) is 2.92. The van der Waals surface area contributed by atoms with Gasteiger partial charge in [0.15, 0.2) is 0 Å². The average molecular weight is 326 g/mol. The number of hydrogen-bond donors (Lipinski definition) is 1. The lowest BCUT2D eigenvalue weighted by atomic mass is 10.2. The minimum atomic E-state index is -3.48. The van der Waals surface area contributed by atoms with Gasteiger partial charge in [0.2, 0.25) is 10.0 Å². The quantitative estimate of drug-likeness (QED) is 0.834. The Labute approximate surface area is 131 Å². The number of ether oxygens (including phenoxy) is 1. The zero-order chi connectivity index (χ0) is 16.2. The molecule has 0 spiro atoms. The van der Waals surface area contributed by atoms with Crippen molar-refractivity contribution in [1.82, 2.24) is 4.31 Å². The first-order valence-electron chi connectivity index (χ1n) is 7.36. The number of nitrogens with one attached hydrogen (secondary N) is 1. The maximum absolute atomic E-state index is 12.8. The maximum Gasteiger partial charge on any atom is 0.325 e. The highest BCUT2D eigenvalue weighted by Crippen LogP contribution is 2.25. The third-order valence-corrected chi connectivity index (χ3v) is 5.83. The zero-order valence-electron chi connectivity index (χ0n) is 13.0. The summed E-state index contributed by atoms with van der Waals surface area (Å²) in [5.74, 6) is -0.402. The molecule has 0 bridgehead atoms. The van der Waals surface area contributed by atoms with Crippen LogP contribution in [-0.4, -0.2) is 45.4 Å². The molecule has 1 heterocycles. The summed E-state index contributed by atoms with van der Waals surface area (Å²) in [4.78, 5) is 11.5. The van der Waals surface area contributed by atoms with Crippen molar-refractivity contribution in [2.45, 2.75) is 31.1 Å². The van der Waals surface area contributed by atoms with Crippen LogP contribution in [0.2, 0.25) is 0 Å². The van der Waals surface area contributed by atoms with Gasteiger partial charge in [-0.15, -0.1) is 0 Å². The Bertz CT molecular complexity index is 637. The minimum Gasteiger partial charge on any atom is -0.468 e. The fraction of sp³-hybridized carbons (Fsp3) is 0.533. The number of methoxy groups -OCH3 is 1. The number of carbonyl (C=O) groups excluding carboxylic acids is 1. The van der Waals surface area contributed by atoms with Gasteiger partial charge < -0.3 is 10.1 Å². The standard InChI is InChI=1S/C15H22N2O4S/c1-12-6-7-13(16-11-15(18)21-2)10-14(12)22(19,20)17-8-4-3-5-9-17/h6-7,10,16H,3-5,8-9,11H2,1-2H3. The zero-order valence-corrected chi connectivity index (χ0v) is 13.8. The summed E-state index contributed by atoms with van der Waals surface area (Å²) in [6.07, 6.45) is 2.88. The molecule has 0 atom stereocenters. The van der Waals surface area contributed by atoms with Gasteiger partial charge in [0.25, 0.3) is 0 Å².